The Morgan fingerprint density at radius 1 is 1.57 bits per heavy atom. The van der Waals surface area contributed by atoms with Crippen LogP contribution in [0.25, 0.3) is 0 Å². The van der Waals surface area contributed by atoms with Crippen molar-refractivity contribution in [1.29, 1.82) is 0 Å². The first kappa shape index (κ1) is 8.02. The standard InChI is InChI=1S/C10H13BO3/c1-12-4-9-3-5-10(14-9)6(7(10)11-5)8(9)13-2/h6-8H,3-4H2,1-2H3/t6?,7-,8?,9-,10?/m0/s1. The summed E-state index contributed by atoms with van der Waals surface area (Å²) in [5.41, 5.74) is 1.48. The quantitative estimate of drug-likeness (QED) is 0.583. The summed E-state index contributed by atoms with van der Waals surface area (Å²) in [4.78, 5) is 0. The third-order valence-electron chi connectivity index (χ3n) is 4.50. The third-order valence-corrected chi connectivity index (χ3v) is 4.50. The van der Waals surface area contributed by atoms with E-state index in [9.17, 15) is 0 Å². The predicted octanol–water partition coefficient (Wildman–Crippen LogP) is -0.132. The van der Waals surface area contributed by atoms with Gasteiger partial charge in [0.15, 0.2) is 0 Å². The van der Waals surface area contributed by atoms with Crippen molar-refractivity contribution in [2.75, 3.05) is 20.8 Å². The van der Waals surface area contributed by atoms with E-state index >= 15 is 0 Å². The zero-order valence-electron chi connectivity index (χ0n) is 8.45. The summed E-state index contributed by atoms with van der Waals surface area (Å²) in [5, 5.41) is 0. The van der Waals surface area contributed by atoms with Crippen LogP contribution < -0.4 is 0 Å². The summed E-state index contributed by atoms with van der Waals surface area (Å²) in [7, 11) is 3.53. The molecule has 1 aliphatic carbocycles. The van der Waals surface area contributed by atoms with Crippen LogP contribution in [0, 0.1) is 5.92 Å². The van der Waals surface area contributed by atoms with Crippen molar-refractivity contribution < 1.29 is 14.2 Å². The normalized spacial score (nSPS) is 60.1. The van der Waals surface area contributed by atoms with Crippen LogP contribution in [-0.4, -0.2) is 50.5 Å². The zero-order valence-corrected chi connectivity index (χ0v) is 8.45. The van der Waals surface area contributed by atoms with Gasteiger partial charge >= 0.3 is 82.9 Å². The molecule has 0 N–H and O–H groups in total. The molecule has 0 aromatic rings. The van der Waals surface area contributed by atoms with Gasteiger partial charge in [-0.3, -0.25) is 0 Å². The second-order valence-corrected chi connectivity index (χ2v) is 4.97. The van der Waals surface area contributed by atoms with E-state index in [-0.39, 0.29) is 17.3 Å². The fraction of sp³-hybridized carbons (Fsp3) is 0.900. The minimum atomic E-state index is -0.160. The predicted molar refractivity (Wildman–Crippen MR) is 51.8 cm³/mol. The molecular weight excluding hydrogens is 179 g/mol. The van der Waals surface area contributed by atoms with E-state index < -0.39 is 0 Å². The average Bonchev–Trinajstić information content (AvgIpc) is 2.42. The molecule has 0 radical (unpaired) electrons. The Kier molecular flexibility index (Phi) is 1.15. The number of ether oxygens (including phenoxy) is 3. The van der Waals surface area contributed by atoms with Crippen LogP contribution in [0.4, 0.5) is 0 Å². The molecule has 3 heterocycles. The number of rotatable bonds is 3. The van der Waals surface area contributed by atoms with E-state index in [2.05, 4.69) is 6.92 Å². The molecule has 3 unspecified atom stereocenters. The molecule has 2 saturated heterocycles. The second kappa shape index (κ2) is 2.01. The van der Waals surface area contributed by atoms with E-state index in [0.717, 1.165) is 6.42 Å². The van der Waals surface area contributed by atoms with Crippen LogP contribution in [-0.2, 0) is 14.2 Å². The monoisotopic (exact) mass is 192 g/mol. The third kappa shape index (κ3) is 0.535. The van der Waals surface area contributed by atoms with Crippen LogP contribution in [0.15, 0.2) is 0 Å². The number of methoxy groups -OCH3 is 2. The molecule has 3 fully saturated rings. The summed E-state index contributed by atoms with van der Waals surface area (Å²) in [6.45, 7) is 3.04. The van der Waals surface area contributed by atoms with Gasteiger partial charge in [0.1, 0.15) is 0 Å². The molecule has 4 heteroatoms. The maximum atomic E-state index is 6.21. The number of hydrogen-bond donors (Lipinski definition) is 0. The van der Waals surface area contributed by atoms with Gasteiger partial charge in [0, 0.05) is 0 Å². The minimum absolute atomic E-state index is 0.124. The maximum absolute atomic E-state index is 6.21. The van der Waals surface area contributed by atoms with E-state index in [1.165, 1.54) is 5.46 Å². The molecule has 14 heavy (non-hydrogen) atoms. The first-order valence-corrected chi connectivity index (χ1v) is 5.21. The van der Waals surface area contributed by atoms with E-state index in [0.29, 0.717) is 18.3 Å². The van der Waals surface area contributed by atoms with Gasteiger partial charge in [-0.2, -0.15) is 0 Å². The molecule has 5 atom stereocenters. The molecule has 4 rings (SSSR count). The fourth-order valence-electron chi connectivity index (χ4n) is 4.08. The van der Waals surface area contributed by atoms with Crippen molar-refractivity contribution >= 4 is 12.4 Å². The van der Waals surface area contributed by atoms with Crippen molar-refractivity contribution in [3.8, 4) is 0 Å². The van der Waals surface area contributed by atoms with Gasteiger partial charge in [-0.1, -0.05) is 0 Å². The molecule has 3 aliphatic heterocycles. The molecule has 0 amide bonds. The molecule has 2 bridgehead atoms. The van der Waals surface area contributed by atoms with Gasteiger partial charge in [-0.25, -0.2) is 0 Å². The van der Waals surface area contributed by atoms with Gasteiger partial charge < -0.3 is 0 Å². The van der Waals surface area contributed by atoms with Crippen molar-refractivity contribution in [3.05, 3.63) is 0 Å². The Balaban J connectivity index is 1.77. The SMILES string of the molecule is COC[C@@]12CC3=B[C@H]4C(C1OC)C34O2. The molecule has 1 spiro atoms. The Hall–Kier alpha value is -0.185. The van der Waals surface area contributed by atoms with Gasteiger partial charge in [0.25, 0.3) is 0 Å². The van der Waals surface area contributed by atoms with Gasteiger partial charge in [0.05, 0.1) is 0 Å². The number of hydrogen-bond acceptors (Lipinski definition) is 3. The van der Waals surface area contributed by atoms with Crippen LogP contribution >= 0.6 is 0 Å². The Bertz CT molecular complexity index is 355. The van der Waals surface area contributed by atoms with Gasteiger partial charge in [0.2, 0.25) is 0 Å². The number of fused-ring (bicyclic) bond motifs is 2. The summed E-state index contributed by atoms with van der Waals surface area (Å²) in [6, 6.07) is 0. The van der Waals surface area contributed by atoms with Crippen LogP contribution in [0.1, 0.15) is 6.42 Å². The van der Waals surface area contributed by atoms with Crippen molar-refractivity contribution in [3.63, 3.8) is 0 Å². The van der Waals surface area contributed by atoms with Gasteiger partial charge in [-0.05, 0) is 0 Å². The van der Waals surface area contributed by atoms with Crippen molar-refractivity contribution in [2.24, 2.45) is 5.92 Å². The van der Waals surface area contributed by atoms with Crippen LogP contribution in [0.5, 0.6) is 0 Å². The van der Waals surface area contributed by atoms with Gasteiger partial charge in [-0.15, -0.1) is 0 Å². The Labute approximate surface area is 83.6 Å². The summed E-state index contributed by atoms with van der Waals surface area (Å²) < 4.78 is 17.1. The topological polar surface area (TPSA) is 27.7 Å². The van der Waals surface area contributed by atoms with Crippen molar-refractivity contribution in [1.82, 2.24) is 0 Å². The van der Waals surface area contributed by atoms with E-state index in [1.807, 2.05) is 0 Å². The Morgan fingerprint density at radius 3 is 3.14 bits per heavy atom. The molecule has 0 aromatic carbocycles. The Morgan fingerprint density at radius 2 is 2.43 bits per heavy atom. The van der Waals surface area contributed by atoms with Crippen LogP contribution in [0.3, 0.4) is 0 Å². The summed E-state index contributed by atoms with van der Waals surface area (Å²) in [5.74, 6) is 1.27. The fourth-order valence-corrected chi connectivity index (χ4v) is 4.08. The molecule has 74 valence electrons. The van der Waals surface area contributed by atoms with Crippen molar-refractivity contribution in [2.45, 2.75) is 29.5 Å². The van der Waals surface area contributed by atoms with Crippen LogP contribution in [0.2, 0.25) is 5.82 Å². The average molecular weight is 192 g/mol. The summed E-state index contributed by atoms with van der Waals surface area (Å²) in [6.07, 6.45) is 1.27. The summed E-state index contributed by atoms with van der Waals surface area (Å²) >= 11 is 0. The molecule has 0 aromatic heterocycles. The molecule has 1 saturated carbocycles. The van der Waals surface area contributed by atoms with E-state index in [4.69, 9.17) is 14.2 Å². The zero-order chi connectivity index (χ0) is 9.55. The second-order valence-electron chi connectivity index (χ2n) is 4.97. The molecule has 3 nitrogen and oxygen atoms in total. The molecular formula is C10H13BO3. The first-order valence-electron chi connectivity index (χ1n) is 5.21. The molecule has 4 aliphatic rings. The van der Waals surface area contributed by atoms with E-state index in [1.54, 1.807) is 14.2 Å². The first-order chi connectivity index (χ1) is 6.78.